The van der Waals surface area contributed by atoms with Crippen LogP contribution in [0, 0.1) is 5.92 Å². The van der Waals surface area contributed by atoms with Gasteiger partial charge in [-0.3, -0.25) is 14.4 Å². The Morgan fingerprint density at radius 1 is 0.730 bits per heavy atom. The smallest absolute Gasteiger partial charge is 0.326 e. The maximum atomic E-state index is 13.4. The molecule has 0 bridgehead atoms. The number of aromatic hydroxyl groups is 1. The van der Waals surface area contributed by atoms with Crippen molar-refractivity contribution in [3.8, 4) is 5.75 Å². The van der Waals surface area contributed by atoms with Crippen molar-refractivity contribution in [2.24, 2.45) is 11.7 Å². The zero-order valence-corrected chi connectivity index (χ0v) is 21.3. The number of aliphatic carboxylic acids is 1. The Kier molecular flexibility index (Phi) is 11.1. The van der Waals surface area contributed by atoms with E-state index in [0.29, 0.717) is 5.56 Å². The normalized spacial score (nSPS) is 14.2. The van der Waals surface area contributed by atoms with Gasteiger partial charge in [0.2, 0.25) is 17.7 Å². The van der Waals surface area contributed by atoms with Gasteiger partial charge >= 0.3 is 5.97 Å². The van der Waals surface area contributed by atoms with Crippen LogP contribution >= 0.6 is 0 Å². The molecule has 7 N–H and O–H groups in total. The standard InChI is InChI=1S/C27H36N4O6/c1-16(2)13-23(27(36)37)31-26(35)22(14-18-7-5-4-6-8-18)30-25(34)21(29-24(33)17(3)28)15-19-9-11-20(32)12-10-19/h4-12,16-17,21-23,32H,13-15,28H2,1-3H3,(H,29,33)(H,30,34)(H,31,35)(H,36,37). The van der Waals surface area contributed by atoms with Gasteiger partial charge in [-0.25, -0.2) is 4.79 Å². The topological polar surface area (TPSA) is 171 Å². The number of carbonyl (C=O) groups is 4. The van der Waals surface area contributed by atoms with Crippen molar-refractivity contribution in [1.82, 2.24) is 16.0 Å². The summed E-state index contributed by atoms with van der Waals surface area (Å²) in [4.78, 5) is 50.6. The fourth-order valence-electron chi connectivity index (χ4n) is 3.68. The first-order chi connectivity index (χ1) is 17.5. The summed E-state index contributed by atoms with van der Waals surface area (Å²) in [5.41, 5.74) is 7.10. The SMILES string of the molecule is CC(C)CC(NC(=O)C(Cc1ccccc1)NC(=O)C(Cc1ccc(O)cc1)NC(=O)C(C)N)C(=O)O. The van der Waals surface area contributed by atoms with Gasteiger partial charge in [-0.1, -0.05) is 56.3 Å². The highest BCUT2D eigenvalue weighted by Gasteiger charge is 2.30. The van der Waals surface area contributed by atoms with E-state index in [1.165, 1.54) is 19.1 Å². The van der Waals surface area contributed by atoms with E-state index in [-0.39, 0.29) is 30.9 Å². The zero-order chi connectivity index (χ0) is 27.5. The van der Waals surface area contributed by atoms with E-state index < -0.39 is 47.9 Å². The molecule has 0 saturated heterocycles. The average molecular weight is 513 g/mol. The number of carbonyl (C=O) groups excluding carboxylic acids is 3. The van der Waals surface area contributed by atoms with E-state index in [2.05, 4.69) is 16.0 Å². The highest BCUT2D eigenvalue weighted by Crippen LogP contribution is 2.13. The molecule has 0 aliphatic rings. The molecule has 2 rings (SSSR count). The summed E-state index contributed by atoms with van der Waals surface area (Å²) in [6.07, 6.45) is 0.413. The molecule has 2 aromatic rings. The van der Waals surface area contributed by atoms with Gasteiger partial charge in [0.25, 0.3) is 0 Å². The second-order valence-electron chi connectivity index (χ2n) is 9.50. The molecular weight excluding hydrogens is 476 g/mol. The summed E-state index contributed by atoms with van der Waals surface area (Å²) in [6, 6.07) is 11.0. The predicted octanol–water partition coefficient (Wildman–Crippen LogP) is 1.11. The number of rotatable bonds is 13. The van der Waals surface area contributed by atoms with Crippen molar-refractivity contribution in [1.29, 1.82) is 0 Å². The van der Waals surface area contributed by atoms with E-state index in [9.17, 15) is 29.4 Å². The number of nitrogens with one attached hydrogen (secondary N) is 3. The molecule has 0 heterocycles. The van der Waals surface area contributed by atoms with E-state index >= 15 is 0 Å². The summed E-state index contributed by atoms with van der Waals surface area (Å²) in [6.45, 7) is 5.18. The lowest BCUT2D eigenvalue weighted by Gasteiger charge is -2.25. The minimum atomic E-state index is -1.17. The van der Waals surface area contributed by atoms with E-state index in [1.807, 2.05) is 19.9 Å². The summed E-state index contributed by atoms with van der Waals surface area (Å²) in [5.74, 6) is -2.92. The number of phenolic OH excluding ortho intramolecular Hbond substituents is 1. The van der Waals surface area contributed by atoms with Gasteiger partial charge in [-0.05, 0) is 42.5 Å². The van der Waals surface area contributed by atoms with Gasteiger partial charge in [-0.2, -0.15) is 0 Å². The van der Waals surface area contributed by atoms with E-state index in [0.717, 1.165) is 5.56 Å². The number of amides is 3. The minimum absolute atomic E-state index is 0.0201. The van der Waals surface area contributed by atoms with Crippen molar-refractivity contribution in [3.05, 3.63) is 65.7 Å². The van der Waals surface area contributed by atoms with Gasteiger partial charge in [0.15, 0.2) is 0 Å². The highest BCUT2D eigenvalue weighted by atomic mass is 16.4. The van der Waals surface area contributed by atoms with Crippen LogP contribution < -0.4 is 21.7 Å². The lowest BCUT2D eigenvalue weighted by atomic mass is 10.0. The van der Waals surface area contributed by atoms with Crippen LogP contribution in [0.1, 0.15) is 38.3 Å². The van der Waals surface area contributed by atoms with Crippen LogP contribution in [0.4, 0.5) is 0 Å². The Bertz CT molecular complexity index is 1060. The predicted molar refractivity (Wildman–Crippen MR) is 138 cm³/mol. The lowest BCUT2D eigenvalue weighted by molar-refractivity contribution is -0.142. The number of hydrogen-bond donors (Lipinski definition) is 6. The summed E-state index contributed by atoms with van der Waals surface area (Å²) >= 11 is 0. The molecule has 0 saturated carbocycles. The first-order valence-corrected chi connectivity index (χ1v) is 12.2. The molecule has 0 fully saturated rings. The van der Waals surface area contributed by atoms with Crippen LogP contribution in [0.2, 0.25) is 0 Å². The maximum Gasteiger partial charge on any atom is 0.326 e. The van der Waals surface area contributed by atoms with Gasteiger partial charge in [0.1, 0.15) is 23.9 Å². The zero-order valence-electron chi connectivity index (χ0n) is 21.3. The monoisotopic (exact) mass is 512 g/mol. The van der Waals surface area contributed by atoms with Crippen molar-refractivity contribution in [2.45, 2.75) is 64.2 Å². The molecule has 37 heavy (non-hydrogen) atoms. The van der Waals surface area contributed by atoms with Crippen LogP contribution in [0.3, 0.4) is 0 Å². The van der Waals surface area contributed by atoms with Crippen molar-refractivity contribution in [3.63, 3.8) is 0 Å². The second-order valence-corrected chi connectivity index (χ2v) is 9.50. The number of phenols is 1. The van der Waals surface area contributed by atoms with Crippen molar-refractivity contribution in [2.75, 3.05) is 0 Å². The molecule has 0 aliphatic heterocycles. The summed E-state index contributed by atoms with van der Waals surface area (Å²) in [5, 5.41) is 27.0. The van der Waals surface area contributed by atoms with Crippen LogP contribution in [-0.4, -0.2) is 58.1 Å². The van der Waals surface area contributed by atoms with Crippen LogP contribution in [-0.2, 0) is 32.0 Å². The molecule has 4 unspecified atom stereocenters. The van der Waals surface area contributed by atoms with E-state index in [4.69, 9.17) is 5.73 Å². The number of carboxylic acid groups (broad SMARTS) is 1. The largest absolute Gasteiger partial charge is 0.508 e. The van der Waals surface area contributed by atoms with Crippen molar-refractivity contribution >= 4 is 23.7 Å². The van der Waals surface area contributed by atoms with Crippen LogP contribution in [0.15, 0.2) is 54.6 Å². The third kappa shape index (κ3) is 9.92. The number of carboxylic acids is 1. The van der Waals surface area contributed by atoms with Crippen LogP contribution in [0.5, 0.6) is 5.75 Å². The Balaban J connectivity index is 2.29. The Labute approximate surface area is 216 Å². The fourth-order valence-corrected chi connectivity index (χ4v) is 3.68. The quantitative estimate of drug-likeness (QED) is 0.233. The molecule has 10 heteroatoms. The molecular formula is C27H36N4O6. The van der Waals surface area contributed by atoms with E-state index in [1.54, 1.807) is 36.4 Å². The molecule has 10 nitrogen and oxygen atoms in total. The van der Waals surface area contributed by atoms with Gasteiger partial charge in [0.05, 0.1) is 6.04 Å². The van der Waals surface area contributed by atoms with Gasteiger partial charge in [-0.15, -0.1) is 0 Å². The molecule has 3 amide bonds. The second kappa shape index (κ2) is 14.0. The molecule has 0 radical (unpaired) electrons. The Hall–Kier alpha value is -3.92. The number of benzene rings is 2. The third-order valence-corrected chi connectivity index (χ3v) is 5.66. The lowest BCUT2D eigenvalue weighted by Crippen LogP contribution is -2.58. The summed E-state index contributed by atoms with van der Waals surface area (Å²) < 4.78 is 0. The van der Waals surface area contributed by atoms with Gasteiger partial charge < -0.3 is 31.9 Å². The van der Waals surface area contributed by atoms with Crippen LogP contribution in [0.25, 0.3) is 0 Å². The minimum Gasteiger partial charge on any atom is -0.508 e. The molecule has 0 aliphatic carbocycles. The number of hydrogen-bond acceptors (Lipinski definition) is 6. The number of nitrogens with two attached hydrogens (primary N) is 1. The summed E-state index contributed by atoms with van der Waals surface area (Å²) in [7, 11) is 0. The molecule has 0 spiro atoms. The fraction of sp³-hybridized carbons (Fsp3) is 0.407. The first kappa shape index (κ1) is 29.3. The van der Waals surface area contributed by atoms with Gasteiger partial charge in [0, 0.05) is 12.8 Å². The third-order valence-electron chi connectivity index (χ3n) is 5.66. The maximum absolute atomic E-state index is 13.4. The molecule has 4 atom stereocenters. The average Bonchev–Trinajstić information content (AvgIpc) is 2.84. The molecule has 200 valence electrons. The molecule has 2 aromatic carbocycles. The van der Waals surface area contributed by atoms with Crippen molar-refractivity contribution < 1.29 is 29.4 Å². The molecule has 0 aromatic heterocycles. The Morgan fingerprint density at radius 2 is 1.19 bits per heavy atom. The highest BCUT2D eigenvalue weighted by molar-refractivity contribution is 5.94. The first-order valence-electron chi connectivity index (χ1n) is 12.2. The Morgan fingerprint density at radius 3 is 1.65 bits per heavy atom.